The molecular formula is C91H156O16P2. The quantitative estimate of drug-likeness (QED) is 0.0146. The molecule has 0 spiro atoms. The second-order valence-electron chi connectivity index (χ2n) is 28.6. The normalized spacial score (nSPS) is 14.6. The van der Waals surface area contributed by atoms with Gasteiger partial charge in [-0.1, -0.05) is 334 Å². The number of phosphoric acid groups is 2. The molecule has 109 heavy (non-hydrogen) atoms. The average molecular weight is 1570 g/mol. The molecular weight excluding hydrogens is 1410 g/mol. The van der Waals surface area contributed by atoms with Crippen LogP contribution in [0.4, 0.5) is 0 Å². The predicted octanol–water partition coefficient (Wildman–Crippen LogP) is 26.0. The molecule has 0 aliphatic heterocycles. The van der Waals surface area contributed by atoms with Gasteiger partial charge in [-0.2, -0.15) is 0 Å². The molecule has 0 bridgehead atoms. The summed E-state index contributed by atoms with van der Waals surface area (Å²) in [7, 11) is -9.80. The fourth-order valence-electron chi connectivity index (χ4n) is 11.5. The first kappa shape index (κ1) is 104. The molecule has 0 amide bonds. The van der Waals surface area contributed by atoms with E-state index in [0.717, 1.165) is 167 Å². The monoisotopic (exact) mass is 1570 g/mol. The fraction of sp³-hybridized carbons (Fsp3) is 0.703. The van der Waals surface area contributed by atoms with Crippen molar-refractivity contribution in [1.82, 2.24) is 0 Å². The first-order valence-electron chi connectivity index (χ1n) is 43.1. The van der Waals surface area contributed by atoms with Gasteiger partial charge in [-0.15, -0.1) is 0 Å². The Morgan fingerprint density at radius 3 is 0.771 bits per heavy atom. The molecule has 0 aromatic rings. The number of aliphatic hydroxyl groups excluding tert-OH is 2. The van der Waals surface area contributed by atoms with Crippen molar-refractivity contribution >= 4 is 33.6 Å². The minimum atomic E-state index is -4.94. The number of carbonyl (C=O) groups is 3. The van der Waals surface area contributed by atoms with Crippen molar-refractivity contribution in [2.45, 2.75) is 373 Å². The van der Waals surface area contributed by atoms with Gasteiger partial charge in [-0.05, 0) is 148 Å². The zero-order valence-electron chi connectivity index (χ0n) is 68.7. The summed E-state index contributed by atoms with van der Waals surface area (Å²) in [6.45, 7) is 2.52. The van der Waals surface area contributed by atoms with Crippen molar-refractivity contribution in [2.75, 3.05) is 39.6 Å². The highest BCUT2D eigenvalue weighted by Crippen LogP contribution is 2.45. The summed E-state index contributed by atoms with van der Waals surface area (Å²) in [6.07, 6.45) is 103. The smallest absolute Gasteiger partial charge is 0.463 e. The molecule has 0 saturated carbocycles. The van der Waals surface area contributed by atoms with Gasteiger partial charge in [0.25, 0.3) is 0 Å². The number of phosphoric ester groups is 2. The number of carbonyl (C=O) groups excluding carboxylic acids is 3. The molecule has 0 saturated heterocycles. The number of esters is 3. The Hall–Kier alpha value is -4.57. The second-order valence-corrected chi connectivity index (χ2v) is 31.5. The number of ether oxygens (including phenoxy) is 3. The summed E-state index contributed by atoms with van der Waals surface area (Å²) < 4.78 is 61.3. The van der Waals surface area contributed by atoms with Crippen molar-refractivity contribution in [3.63, 3.8) is 0 Å². The number of hydrogen-bond donors (Lipinski definition) is 4. The summed E-state index contributed by atoms with van der Waals surface area (Å²) in [4.78, 5) is 58.8. The van der Waals surface area contributed by atoms with E-state index in [-0.39, 0.29) is 19.3 Å². The molecule has 0 fully saturated rings. The van der Waals surface area contributed by atoms with Gasteiger partial charge in [-0.3, -0.25) is 32.5 Å². The van der Waals surface area contributed by atoms with E-state index in [4.69, 9.17) is 32.3 Å². The number of aliphatic hydroxyl groups is 2. The fourth-order valence-corrected chi connectivity index (χ4v) is 13.1. The highest BCUT2D eigenvalue weighted by atomic mass is 31.2. The zero-order chi connectivity index (χ0) is 79.4. The van der Waals surface area contributed by atoms with Crippen LogP contribution >= 0.6 is 15.6 Å². The lowest BCUT2D eigenvalue weighted by atomic mass is 10.0. The van der Waals surface area contributed by atoms with Gasteiger partial charge in [0, 0.05) is 19.3 Å². The maximum atomic E-state index is 13.0. The van der Waals surface area contributed by atoms with Gasteiger partial charge in [-0.25, -0.2) is 9.13 Å². The molecule has 5 unspecified atom stereocenters. The van der Waals surface area contributed by atoms with Gasteiger partial charge >= 0.3 is 33.6 Å². The highest BCUT2D eigenvalue weighted by molar-refractivity contribution is 7.47. The zero-order valence-corrected chi connectivity index (χ0v) is 70.5. The van der Waals surface area contributed by atoms with Crippen molar-refractivity contribution in [2.24, 2.45) is 0 Å². The summed E-state index contributed by atoms with van der Waals surface area (Å²) in [5.74, 6) is -1.59. The SMILES string of the molecule is CC/C=C\C/C=C\C/C=C\C/C=C\C/C=C\C/C=C\CCCCCCCCCCCCC(=O)OCC(O)COP(=O)(O)OCC(O)COP(=O)(O)OCC(COC(=O)CCCCCCCCCCCCCCC/C=C\C/C=C\C/C=C\C/C=C\CCCCC)OC(=O)CCCCCCC/C=C\C/C=C\CCCCC. The van der Waals surface area contributed by atoms with Crippen molar-refractivity contribution < 1.29 is 75.8 Å². The third-order valence-electron chi connectivity index (χ3n) is 18.0. The van der Waals surface area contributed by atoms with Gasteiger partial charge in [0.15, 0.2) is 6.10 Å². The lowest BCUT2D eigenvalue weighted by Crippen LogP contribution is -2.30. The Balaban J connectivity index is 4.54. The molecule has 0 radical (unpaired) electrons. The Morgan fingerprint density at radius 2 is 0.486 bits per heavy atom. The topological polar surface area (TPSA) is 231 Å². The Morgan fingerprint density at radius 1 is 0.266 bits per heavy atom. The van der Waals surface area contributed by atoms with Crippen molar-refractivity contribution in [3.8, 4) is 0 Å². The first-order valence-corrected chi connectivity index (χ1v) is 46.1. The van der Waals surface area contributed by atoms with Gasteiger partial charge in [0.2, 0.25) is 0 Å². The molecule has 0 aromatic carbocycles. The summed E-state index contributed by atoms with van der Waals surface area (Å²) in [5, 5.41) is 20.7. The Labute approximate surface area is 664 Å². The average Bonchev–Trinajstić information content (AvgIpc) is 0.903. The number of unbranched alkanes of at least 4 members (excludes halogenated alkanes) is 34. The van der Waals surface area contributed by atoms with Crippen LogP contribution in [0.1, 0.15) is 355 Å². The van der Waals surface area contributed by atoms with Crippen molar-refractivity contribution in [3.05, 3.63) is 146 Å². The molecule has 18 heteroatoms. The Bertz CT molecular complexity index is 2560. The highest BCUT2D eigenvalue weighted by Gasteiger charge is 2.29. The van der Waals surface area contributed by atoms with E-state index in [9.17, 15) is 43.5 Å². The van der Waals surface area contributed by atoms with Gasteiger partial charge in [0.1, 0.15) is 25.4 Å². The maximum Gasteiger partial charge on any atom is 0.472 e. The van der Waals surface area contributed by atoms with E-state index in [1.807, 2.05) is 0 Å². The lowest BCUT2D eigenvalue weighted by molar-refractivity contribution is -0.161. The van der Waals surface area contributed by atoms with Crippen LogP contribution in [0, 0.1) is 0 Å². The standard InChI is InChI=1S/C91H156O16P2/c1-4-7-10-13-16-19-22-25-28-30-32-34-36-38-40-42-44-46-48-50-52-54-57-59-62-65-68-71-74-77-89(94)101-80-86(92)81-103-108(97,98)104-82-87(93)83-105-109(99,100)106-85-88(107-91(96)79-76-73-70-67-64-61-56-27-24-21-18-15-12-9-6-3)84-102-90(95)78-75-72-69-66-63-60-58-55-53-51-49-47-45-43-41-39-37-35-33-31-29-26-23-20-17-14-11-8-5-2/h7,10,16-21,25-29,32-35,38-41,44,46,56,86-88,92-93H,4-6,8-9,11-15,22-24,30-31,36-37,42-43,45,47-55,57-85H2,1-3H3,(H,97,98)(H,99,100)/b10-7-,19-16-,20-17-,21-18-,28-25-,29-26-,34-32-,35-33-,40-38-,41-39-,46-44-,56-27-. The van der Waals surface area contributed by atoms with Crippen LogP contribution in [-0.4, -0.2) is 95.9 Å². The summed E-state index contributed by atoms with van der Waals surface area (Å²) in [6, 6.07) is 0. The molecule has 626 valence electrons. The molecule has 5 atom stereocenters. The van der Waals surface area contributed by atoms with Gasteiger partial charge in [0.05, 0.1) is 26.4 Å². The van der Waals surface area contributed by atoms with E-state index >= 15 is 0 Å². The number of rotatable bonds is 81. The molecule has 0 aromatic heterocycles. The van der Waals surface area contributed by atoms with Crippen LogP contribution in [0.15, 0.2) is 146 Å². The molecule has 0 rings (SSSR count). The Kier molecular flexibility index (Phi) is 79.4. The summed E-state index contributed by atoms with van der Waals surface area (Å²) >= 11 is 0. The van der Waals surface area contributed by atoms with E-state index in [1.54, 1.807) is 0 Å². The molecule has 0 aliphatic rings. The maximum absolute atomic E-state index is 13.0. The van der Waals surface area contributed by atoms with E-state index in [1.165, 1.54) is 128 Å². The largest absolute Gasteiger partial charge is 0.472 e. The van der Waals surface area contributed by atoms with Crippen LogP contribution in [0.5, 0.6) is 0 Å². The van der Waals surface area contributed by atoms with Crippen LogP contribution in [-0.2, 0) is 55.8 Å². The van der Waals surface area contributed by atoms with Crippen LogP contribution < -0.4 is 0 Å². The minimum Gasteiger partial charge on any atom is -0.463 e. The predicted molar refractivity (Wildman–Crippen MR) is 454 cm³/mol. The van der Waals surface area contributed by atoms with E-state index in [0.29, 0.717) is 19.3 Å². The first-order chi connectivity index (χ1) is 53.2. The molecule has 4 N–H and O–H groups in total. The third-order valence-corrected chi connectivity index (χ3v) is 19.9. The molecule has 0 aliphatic carbocycles. The van der Waals surface area contributed by atoms with Crippen molar-refractivity contribution in [1.29, 1.82) is 0 Å². The number of allylic oxidation sites excluding steroid dienone is 24. The second kappa shape index (κ2) is 82.9. The van der Waals surface area contributed by atoms with E-state index < -0.39 is 91.5 Å². The lowest BCUT2D eigenvalue weighted by Gasteiger charge is -2.21. The third kappa shape index (κ3) is 84.2. The van der Waals surface area contributed by atoms with Crippen LogP contribution in [0.25, 0.3) is 0 Å². The molecule has 16 nitrogen and oxygen atoms in total. The van der Waals surface area contributed by atoms with Crippen LogP contribution in [0.2, 0.25) is 0 Å². The number of hydrogen-bond acceptors (Lipinski definition) is 14. The summed E-state index contributed by atoms with van der Waals surface area (Å²) in [5.41, 5.74) is 0. The van der Waals surface area contributed by atoms with E-state index in [2.05, 4.69) is 167 Å². The van der Waals surface area contributed by atoms with Crippen LogP contribution in [0.3, 0.4) is 0 Å². The molecule has 0 heterocycles. The van der Waals surface area contributed by atoms with Gasteiger partial charge < -0.3 is 34.2 Å². The minimum absolute atomic E-state index is 0.0867.